The molecule has 0 saturated heterocycles. The van der Waals surface area contributed by atoms with Crippen LogP contribution in [0.15, 0.2) is 24.3 Å². The van der Waals surface area contributed by atoms with Gasteiger partial charge in [0.15, 0.2) is 0 Å². The summed E-state index contributed by atoms with van der Waals surface area (Å²) in [6.45, 7) is 3.27. The lowest BCUT2D eigenvalue weighted by Gasteiger charge is -2.27. The second kappa shape index (κ2) is 23.9. The topological polar surface area (TPSA) is 58.6 Å². The summed E-state index contributed by atoms with van der Waals surface area (Å²) in [6, 6.07) is 0. The number of quaternary nitrogens is 1. The Bertz CT molecular complexity index is 557. The van der Waals surface area contributed by atoms with Crippen LogP contribution in [-0.2, 0) is 13.6 Å². The smallest absolute Gasteiger partial charge is 0.268 e. The third-order valence-electron chi connectivity index (χ3n) is 6.08. The van der Waals surface area contributed by atoms with E-state index in [1.807, 2.05) is 21.1 Å². The Kier molecular flexibility index (Phi) is 23.6. The van der Waals surface area contributed by atoms with Gasteiger partial charge in [0.25, 0.3) is 7.82 Å². The molecular formula is C29H58NO4P. The fourth-order valence-electron chi connectivity index (χ4n) is 3.75. The molecule has 5 nitrogen and oxygen atoms in total. The fourth-order valence-corrected chi connectivity index (χ4v) is 4.48. The van der Waals surface area contributed by atoms with Crippen molar-refractivity contribution >= 4 is 7.82 Å². The molecule has 0 N–H and O–H groups in total. The Labute approximate surface area is 218 Å². The van der Waals surface area contributed by atoms with E-state index in [9.17, 15) is 9.46 Å². The molecule has 1 atom stereocenters. The summed E-state index contributed by atoms with van der Waals surface area (Å²) in [5.74, 6) is 0. The molecule has 0 saturated carbocycles. The molecule has 0 aromatic rings. The minimum Gasteiger partial charge on any atom is -0.756 e. The van der Waals surface area contributed by atoms with Crippen LogP contribution in [0.2, 0.25) is 0 Å². The van der Waals surface area contributed by atoms with Gasteiger partial charge in [-0.2, -0.15) is 0 Å². The minimum absolute atomic E-state index is 0.159. The maximum Gasteiger partial charge on any atom is 0.268 e. The normalized spacial score (nSPS) is 14.3. The average Bonchev–Trinajstić information content (AvgIpc) is 2.78. The van der Waals surface area contributed by atoms with E-state index in [1.54, 1.807) is 0 Å². The van der Waals surface area contributed by atoms with Crippen molar-refractivity contribution in [3.8, 4) is 0 Å². The molecule has 0 amide bonds. The SMILES string of the molecule is CCCCCCCC/C=C\CCCCCCC/C=C\CCCCCOP(=O)([O-])OCC[N+](C)(C)C. The number of hydrogen-bond donors (Lipinski definition) is 0. The van der Waals surface area contributed by atoms with Crippen LogP contribution >= 0.6 is 7.82 Å². The maximum atomic E-state index is 11.7. The molecule has 0 fully saturated rings. The lowest BCUT2D eigenvalue weighted by molar-refractivity contribution is -0.870. The summed E-state index contributed by atoms with van der Waals surface area (Å²) in [5, 5.41) is 0. The quantitative estimate of drug-likeness (QED) is 0.0503. The minimum atomic E-state index is -4.15. The van der Waals surface area contributed by atoms with Crippen LogP contribution in [0.4, 0.5) is 0 Å². The van der Waals surface area contributed by atoms with E-state index < -0.39 is 7.82 Å². The summed E-state index contributed by atoms with van der Waals surface area (Å²) in [7, 11) is 1.83. The molecule has 35 heavy (non-hydrogen) atoms. The Morgan fingerprint density at radius 2 is 0.971 bits per heavy atom. The van der Waals surface area contributed by atoms with Crippen LogP contribution in [0.5, 0.6) is 0 Å². The summed E-state index contributed by atoms with van der Waals surface area (Å²) < 4.78 is 22.2. The Hall–Kier alpha value is -0.450. The molecule has 0 heterocycles. The number of allylic oxidation sites excluding steroid dienone is 4. The van der Waals surface area contributed by atoms with Gasteiger partial charge in [-0.05, 0) is 57.8 Å². The van der Waals surface area contributed by atoms with E-state index in [-0.39, 0.29) is 13.2 Å². The highest BCUT2D eigenvalue weighted by Gasteiger charge is 2.12. The second-order valence-electron chi connectivity index (χ2n) is 10.8. The van der Waals surface area contributed by atoms with E-state index in [0.717, 1.165) is 25.7 Å². The van der Waals surface area contributed by atoms with Crippen molar-refractivity contribution in [3.63, 3.8) is 0 Å². The molecule has 0 bridgehead atoms. The lowest BCUT2D eigenvalue weighted by atomic mass is 10.1. The van der Waals surface area contributed by atoms with Crippen LogP contribution < -0.4 is 4.89 Å². The largest absolute Gasteiger partial charge is 0.756 e. The van der Waals surface area contributed by atoms with Crippen molar-refractivity contribution in [3.05, 3.63) is 24.3 Å². The zero-order valence-corrected chi connectivity index (χ0v) is 24.6. The van der Waals surface area contributed by atoms with Crippen molar-refractivity contribution in [2.24, 2.45) is 0 Å². The summed E-state index contributed by atoms with van der Waals surface area (Å²) in [5.41, 5.74) is 0. The molecule has 0 radical (unpaired) electrons. The first-order valence-corrected chi connectivity index (χ1v) is 15.9. The summed E-state index contributed by atoms with van der Waals surface area (Å²) in [6.07, 6.45) is 31.8. The molecule has 1 unspecified atom stereocenters. The van der Waals surface area contributed by atoms with Gasteiger partial charge in [0.2, 0.25) is 0 Å². The van der Waals surface area contributed by atoms with Crippen molar-refractivity contribution in [1.82, 2.24) is 0 Å². The molecular weight excluding hydrogens is 457 g/mol. The number of phosphoric acid groups is 1. The van der Waals surface area contributed by atoms with E-state index in [4.69, 9.17) is 9.05 Å². The van der Waals surface area contributed by atoms with Crippen molar-refractivity contribution in [2.45, 2.75) is 122 Å². The molecule has 6 heteroatoms. The van der Waals surface area contributed by atoms with E-state index >= 15 is 0 Å². The number of nitrogens with zero attached hydrogens (tertiary/aromatic N) is 1. The number of hydrogen-bond acceptors (Lipinski definition) is 4. The fraction of sp³-hybridized carbons (Fsp3) is 0.862. The van der Waals surface area contributed by atoms with Gasteiger partial charge in [-0.1, -0.05) is 89.0 Å². The Morgan fingerprint density at radius 1 is 0.600 bits per heavy atom. The summed E-state index contributed by atoms with van der Waals surface area (Å²) in [4.78, 5) is 11.7. The Morgan fingerprint density at radius 3 is 1.40 bits per heavy atom. The van der Waals surface area contributed by atoms with Crippen LogP contribution in [0.1, 0.15) is 122 Å². The van der Waals surface area contributed by atoms with Crippen LogP contribution in [0, 0.1) is 0 Å². The molecule has 208 valence electrons. The first-order chi connectivity index (χ1) is 16.8. The predicted octanol–water partition coefficient (Wildman–Crippen LogP) is 8.35. The van der Waals surface area contributed by atoms with Gasteiger partial charge < -0.3 is 18.4 Å². The number of unbranched alkanes of at least 4 members (excludes halogenated alkanes) is 15. The first-order valence-electron chi connectivity index (χ1n) is 14.5. The van der Waals surface area contributed by atoms with E-state index in [2.05, 4.69) is 31.2 Å². The van der Waals surface area contributed by atoms with Crippen molar-refractivity contribution < 1.29 is 23.0 Å². The molecule has 0 aromatic carbocycles. The third-order valence-corrected chi connectivity index (χ3v) is 7.07. The van der Waals surface area contributed by atoms with Gasteiger partial charge in [0.1, 0.15) is 13.2 Å². The highest BCUT2D eigenvalue weighted by molar-refractivity contribution is 7.45. The van der Waals surface area contributed by atoms with Gasteiger partial charge in [-0.25, -0.2) is 0 Å². The highest BCUT2D eigenvalue weighted by Crippen LogP contribution is 2.38. The van der Waals surface area contributed by atoms with E-state index in [0.29, 0.717) is 11.0 Å². The van der Waals surface area contributed by atoms with Crippen LogP contribution in [0.3, 0.4) is 0 Å². The lowest BCUT2D eigenvalue weighted by Crippen LogP contribution is -2.37. The first kappa shape index (κ1) is 34.6. The van der Waals surface area contributed by atoms with Crippen LogP contribution in [-0.4, -0.2) is 45.4 Å². The van der Waals surface area contributed by atoms with Crippen molar-refractivity contribution in [2.75, 3.05) is 40.9 Å². The number of likely N-dealkylation sites (N-methyl/N-ethyl adjacent to an activating group) is 1. The molecule has 0 aromatic heterocycles. The van der Waals surface area contributed by atoms with Crippen LogP contribution in [0.25, 0.3) is 0 Å². The van der Waals surface area contributed by atoms with Crippen molar-refractivity contribution in [1.29, 1.82) is 0 Å². The molecule has 0 spiro atoms. The maximum absolute atomic E-state index is 11.7. The van der Waals surface area contributed by atoms with Gasteiger partial charge in [-0.3, -0.25) is 4.57 Å². The van der Waals surface area contributed by atoms with E-state index in [1.165, 1.54) is 89.9 Å². The third kappa shape index (κ3) is 29.7. The molecule has 0 aliphatic carbocycles. The number of phosphoric ester groups is 1. The van der Waals surface area contributed by atoms with Gasteiger partial charge in [0.05, 0.1) is 27.7 Å². The van der Waals surface area contributed by atoms with Gasteiger partial charge in [0, 0.05) is 0 Å². The zero-order chi connectivity index (χ0) is 26.1. The predicted molar refractivity (Wildman–Crippen MR) is 149 cm³/mol. The monoisotopic (exact) mass is 515 g/mol. The molecule has 0 rings (SSSR count). The average molecular weight is 516 g/mol. The summed E-state index contributed by atoms with van der Waals surface area (Å²) >= 11 is 0. The number of rotatable bonds is 26. The second-order valence-corrected chi connectivity index (χ2v) is 12.2. The Balaban J connectivity index is 3.35. The standard InChI is InChI=1S/C29H58NO4P/c1-5-6-7-8-9-10-11-12-13-14-15-16-17-18-19-20-21-22-23-24-25-26-28-33-35(31,32)34-29-27-30(2,3)4/h12-13,21-22H,5-11,14-20,23-29H2,1-4H3/b13-12-,22-21-. The highest BCUT2D eigenvalue weighted by atomic mass is 31.2. The zero-order valence-electron chi connectivity index (χ0n) is 23.7. The van der Waals surface area contributed by atoms with Gasteiger partial charge in [-0.15, -0.1) is 0 Å². The van der Waals surface area contributed by atoms with Gasteiger partial charge >= 0.3 is 0 Å². The molecule has 0 aliphatic rings. The molecule has 0 aliphatic heterocycles.